The number of anilines is 1. The number of benzene rings is 3. The summed E-state index contributed by atoms with van der Waals surface area (Å²) in [5.74, 6) is 1.44. The molecule has 3 aromatic carbocycles. The van der Waals surface area contributed by atoms with Gasteiger partial charge in [-0.3, -0.25) is 23.5 Å². The largest absolute Gasteiger partial charge is 0.497 e. The molecule has 0 atom stereocenters. The minimum Gasteiger partial charge on any atom is -0.497 e. The highest BCUT2D eigenvalue weighted by atomic mass is 19.1. The van der Waals surface area contributed by atoms with E-state index in [1.165, 1.54) is 17.8 Å². The number of nitrogens with zero attached hydrogens (tertiary/aromatic N) is 6. The average Bonchev–Trinajstić information content (AvgIpc) is 3.47. The quantitative estimate of drug-likeness (QED) is 0.270. The maximum absolute atomic E-state index is 13.4. The molecule has 0 unspecified atom stereocenters. The van der Waals surface area contributed by atoms with E-state index in [2.05, 4.69) is 37.4 Å². The van der Waals surface area contributed by atoms with Crippen LogP contribution in [-0.4, -0.2) is 76.4 Å². The Morgan fingerprint density at radius 2 is 1.70 bits per heavy atom. The molecule has 1 N–H and O–H groups in total. The van der Waals surface area contributed by atoms with E-state index in [0.29, 0.717) is 35.5 Å². The molecule has 1 aliphatic rings. The third kappa shape index (κ3) is 6.21. The molecule has 0 spiro atoms. The third-order valence-corrected chi connectivity index (χ3v) is 7.96. The van der Waals surface area contributed by atoms with Gasteiger partial charge in [0.2, 0.25) is 11.7 Å². The maximum atomic E-state index is 13.4. The fraction of sp³-hybridized carbons (Fsp3) is 0.312. The molecule has 1 saturated heterocycles. The monoisotopic (exact) mass is 583 g/mol. The number of para-hydroxylation sites is 1. The molecular formula is C32H34FN7O3. The fourth-order valence-corrected chi connectivity index (χ4v) is 5.58. The van der Waals surface area contributed by atoms with Crippen molar-refractivity contribution in [3.63, 3.8) is 0 Å². The van der Waals surface area contributed by atoms with Crippen LogP contribution in [0.3, 0.4) is 0 Å². The summed E-state index contributed by atoms with van der Waals surface area (Å²) < 4.78 is 22.1. The molecule has 1 amide bonds. The van der Waals surface area contributed by atoms with Crippen molar-refractivity contribution in [2.75, 3.05) is 51.3 Å². The predicted molar refractivity (Wildman–Crippen MR) is 163 cm³/mol. The molecule has 1 aliphatic heterocycles. The number of methoxy groups -OCH3 is 1. The number of amides is 1. The Morgan fingerprint density at radius 3 is 2.44 bits per heavy atom. The van der Waals surface area contributed by atoms with Gasteiger partial charge >= 0.3 is 0 Å². The first-order valence-corrected chi connectivity index (χ1v) is 14.5. The highest BCUT2D eigenvalue weighted by molar-refractivity contribution is 5.80. The van der Waals surface area contributed by atoms with Gasteiger partial charge in [0.05, 0.1) is 24.6 Å². The zero-order valence-corrected chi connectivity index (χ0v) is 24.1. The first kappa shape index (κ1) is 28.4. The molecule has 0 radical (unpaired) electrons. The average molecular weight is 584 g/mol. The number of carbonyl (C=O) groups is 1. The van der Waals surface area contributed by atoms with Crippen molar-refractivity contribution in [1.82, 2.24) is 29.4 Å². The smallest absolute Gasteiger partial charge is 0.263 e. The van der Waals surface area contributed by atoms with Gasteiger partial charge in [0, 0.05) is 57.8 Å². The zero-order valence-electron chi connectivity index (χ0n) is 24.1. The Morgan fingerprint density at radius 1 is 0.953 bits per heavy atom. The molecule has 10 nitrogen and oxygen atoms in total. The summed E-state index contributed by atoms with van der Waals surface area (Å²) in [6.45, 7) is 5.31. The highest BCUT2D eigenvalue weighted by Gasteiger charge is 2.19. The molecule has 2 aromatic heterocycles. The number of nitrogens with one attached hydrogen (secondary N) is 1. The van der Waals surface area contributed by atoms with Crippen LogP contribution in [0.25, 0.3) is 16.7 Å². The van der Waals surface area contributed by atoms with E-state index in [0.717, 1.165) is 44.0 Å². The summed E-state index contributed by atoms with van der Waals surface area (Å²) in [7, 11) is 1.67. The number of carbonyl (C=O) groups excluding carboxylic acids is 1. The van der Waals surface area contributed by atoms with Crippen LogP contribution < -0.4 is 20.5 Å². The van der Waals surface area contributed by atoms with E-state index in [1.54, 1.807) is 29.9 Å². The van der Waals surface area contributed by atoms with Crippen molar-refractivity contribution in [2.45, 2.75) is 19.4 Å². The summed E-state index contributed by atoms with van der Waals surface area (Å²) >= 11 is 0. The van der Waals surface area contributed by atoms with Crippen molar-refractivity contribution in [3.8, 4) is 5.75 Å². The fourth-order valence-electron chi connectivity index (χ4n) is 5.58. The number of ether oxygens (including phenoxy) is 1. The molecule has 0 bridgehead atoms. The summed E-state index contributed by atoms with van der Waals surface area (Å²) in [5, 5.41) is 12.3. The molecule has 6 rings (SSSR count). The van der Waals surface area contributed by atoms with E-state index in [-0.39, 0.29) is 30.2 Å². The Kier molecular flexibility index (Phi) is 8.32. The van der Waals surface area contributed by atoms with Gasteiger partial charge in [0.15, 0.2) is 0 Å². The lowest BCUT2D eigenvalue weighted by Gasteiger charge is -2.36. The minimum atomic E-state index is -0.338. The van der Waals surface area contributed by atoms with Crippen LogP contribution in [-0.2, 0) is 17.8 Å². The third-order valence-electron chi connectivity index (χ3n) is 7.96. The van der Waals surface area contributed by atoms with Crippen molar-refractivity contribution in [3.05, 3.63) is 100 Å². The van der Waals surface area contributed by atoms with Gasteiger partial charge in [-0.2, -0.15) is 0 Å². The first-order chi connectivity index (χ1) is 21.0. The Balaban J connectivity index is 1.06. The van der Waals surface area contributed by atoms with E-state index < -0.39 is 0 Å². The molecular weight excluding hydrogens is 549 g/mol. The number of aryl methyl sites for hydroxylation is 1. The van der Waals surface area contributed by atoms with Crippen LogP contribution in [0.2, 0.25) is 0 Å². The van der Waals surface area contributed by atoms with Crippen molar-refractivity contribution < 1.29 is 13.9 Å². The van der Waals surface area contributed by atoms with E-state index in [9.17, 15) is 14.0 Å². The number of rotatable bonds is 10. The lowest BCUT2D eigenvalue weighted by atomic mass is 10.2. The lowest BCUT2D eigenvalue weighted by Crippen LogP contribution is -2.48. The van der Waals surface area contributed by atoms with Gasteiger partial charge < -0.3 is 15.0 Å². The zero-order chi connectivity index (χ0) is 29.8. The number of hydrogen-bond donors (Lipinski definition) is 1. The van der Waals surface area contributed by atoms with E-state index in [4.69, 9.17) is 4.74 Å². The molecule has 222 valence electrons. The molecule has 11 heteroatoms. The van der Waals surface area contributed by atoms with Crippen LogP contribution in [0.15, 0.2) is 77.6 Å². The molecule has 0 saturated carbocycles. The summed E-state index contributed by atoms with van der Waals surface area (Å²) in [5.41, 5.74) is 2.45. The van der Waals surface area contributed by atoms with Crippen LogP contribution in [0.1, 0.15) is 17.8 Å². The lowest BCUT2D eigenvalue weighted by molar-refractivity contribution is -0.121. The second kappa shape index (κ2) is 12.6. The molecule has 43 heavy (non-hydrogen) atoms. The van der Waals surface area contributed by atoms with Gasteiger partial charge in [0.25, 0.3) is 5.56 Å². The number of hydrogen-bond acceptors (Lipinski definition) is 7. The second-order valence-electron chi connectivity index (χ2n) is 10.7. The standard InChI is InChI=1S/C32H34FN7O3/c1-43-26-12-10-25(11-13-26)38-20-18-37(19-21-38)17-16-34-30(41)15-14-29-35-36-32-39(22-23-6-8-24(33)9-7-23)31(42)27-4-2-3-5-28(27)40(29)32/h2-13H,14-22H2,1H3,(H,34,41). The maximum Gasteiger partial charge on any atom is 0.263 e. The van der Waals surface area contributed by atoms with Crippen LogP contribution in [0.5, 0.6) is 5.75 Å². The molecule has 5 aromatic rings. The van der Waals surface area contributed by atoms with Crippen LogP contribution in [0.4, 0.5) is 10.1 Å². The van der Waals surface area contributed by atoms with Gasteiger partial charge in [-0.25, -0.2) is 4.39 Å². The molecule has 3 heterocycles. The summed E-state index contributed by atoms with van der Waals surface area (Å²) in [6, 6.07) is 21.5. The van der Waals surface area contributed by atoms with Crippen molar-refractivity contribution in [2.24, 2.45) is 0 Å². The number of piperazine rings is 1. The molecule has 0 aliphatic carbocycles. The van der Waals surface area contributed by atoms with Crippen LogP contribution >= 0.6 is 0 Å². The normalized spacial score (nSPS) is 14.0. The second-order valence-corrected chi connectivity index (χ2v) is 10.7. The van der Waals surface area contributed by atoms with Gasteiger partial charge in [-0.1, -0.05) is 24.3 Å². The minimum absolute atomic E-state index is 0.0578. The van der Waals surface area contributed by atoms with Crippen LogP contribution in [0, 0.1) is 5.82 Å². The van der Waals surface area contributed by atoms with Gasteiger partial charge in [-0.05, 0) is 54.1 Å². The van der Waals surface area contributed by atoms with Gasteiger partial charge in [-0.15, -0.1) is 10.2 Å². The number of fused-ring (bicyclic) bond motifs is 3. The van der Waals surface area contributed by atoms with Gasteiger partial charge in [0.1, 0.15) is 17.4 Å². The van der Waals surface area contributed by atoms with Crippen molar-refractivity contribution in [1.29, 1.82) is 0 Å². The SMILES string of the molecule is COc1ccc(N2CCN(CCNC(=O)CCc3nnc4n(Cc5ccc(F)cc5)c(=O)c5ccccc5n34)CC2)cc1. The highest BCUT2D eigenvalue weighted by Crippen LogP contribution is 2.21. The van der Waals surface area contributed by atoms with E-state index in [1.807, 2.05) is 34.7 Å². The Labute approximate surface area is 248 Å². The topological polar surface area (TPSA) is 97.0 Å². The number of halogens is 1. The summed E-state index contributed by atoms with van der Waals surface area (Å²) in [4.78, 5) is 30.9. The molecule has 1 fully saturated rings. The first-order valence-electron chi connectivity index (χ1n) is 14.5. The number of aromatic nitrogens is 4. The Hall–Kier alpha value is -4.77. The van der Waals surface area contributed by atoms with Crippen molar-refractivity contribution >= 4 is 28.3 Å². The predicted octanol–water partition coefficient (Wildman–Crippen LogP) is 3.11. The van der Waals surface area contributed by atoms with E-state index >= 15 is 0 Å². The summed E-state index contributed by atoms with van der Waals surface area (Å²) in [6.07, 6.45) is 0.615. The Bertz CT molecular complexity index is 1780.